The van der Waals surface area contributed by atoms with E-state index in [0.29, 0.717) is 25.0 Å². The van der Waals surface area contributed by atoms with Gasteiger partial charge in [-0.1, -0.05) is 31.4 Å². The zero-order valence-electron chi connectivity index (χ0n) is 12.0. The Bertz CT molecular complexity index is 725. The van der Waals surface area contributed by atoms with Crippen LogP contribution in [-0.2, 0) is 14.8 Å². The van der Waals surface area contributed by atoms with Crippen LogP contribution in [0.5, 0.6) is 0 Å². The van der Waals surface area contributed by atoms with Crippen LogP contribution < -0.4 is 4.72 Å². The second-order valence-corrected chi connectivity index (χ2v) is 6.74. The number of nitrogens with one attached hydrogen (secondary N) is 1. The SMILES string of the molecule is CCCCC(NS(=O)(=O)c1cc(Cl)c([N+](=O)[O-])cc1F)C(=O)O. The van der Waals surface area contributed by atoms with Crippen molar-refractivity contribution in [3.8, 4) is 0 Å². The van der Waals surface area contributed by atoms with Crippen LogP contribution in [0.3, 0.4) is 0 Å². The number of nitro groups is 1. The first-order valence-electron chi connectivity index (χ1n) is 6.48. The van der Waals surface area contributed by atoms with Crippen molar-refractivity contribution in [2.75, 3.05) is 0 Å². The average Bonchev–Trinajstić information content (AvgIpc) is 2.44. The lowest BCUT2D eigenvalue weighted by atomic mass is 10.1. The Morgan fingerprint density at radius 3 is 2.61 bits per heavy atom. The predicted octanol–water partition coefficient (Wildman–Crippen LogP) is 2.31. The van der Waals surface area contributed by atoms with Crippen molar-refractivity contribution in [3.05, 3.63) is 33.1 Å². The Kier molecular flexibility index (Phi) is 6.42. The number of sulfonamides is 1. The van der Waals surface area contributed by atoms with Gasteiger partial charge in [0.1, 0.15) is 21.8 Å². The summed E-state index contributed by atoms with van der Waals surface area (Å²) >= 11 is 5.57. The first-order chi connectivity index (χ1) is 10.6. The molecule has 0 aliphatic carbocycles. The lowest BCUT2D eigenvalue weighted by Gasteiger charge is -2.15. The molecular formula is C12H14ClFN2O6S. The number of hydrogen-bond donors (Lipinski definition) is 2. The number of halogens is 2. The number of nitro benzene ring substituents is 1. The second-order valence-electron chi connectivity index (χ2n) is 4.65. The summed E-state index contributed by atoms with van der Waals surface area (Å²) in [6.45, 7) is 1.79. The molecule has 0 bridgehead atoms. The van der Waals surface area contributed by atoms with E-state index in [1.807, 2.05) is 4.72 Å². The zero-order chi connectivity index (χ0) is 17.8. The summed E-state index contributed by atoms with van der Waals surface area (Å²) in [4.78, 5) is 19.8. The summed E-state index contributed by atoms with van der Waals surface area (Å²) in [5, 5.41) is 19.1. The molecule has 0 amide bonds. The average molecular weight is 369 g/mol. The Labute approximate surface area is 136 Å². The van der Waals surface area contributed by atoms with Crippen molar-refractivity contribution in [1.29, 1.82) is 0 Å². The quantitative estimate of drug-likeness (QED) is 0.535. The molecule has 0 saturated heterocycles. The third kappa shape index (κ3) is 4.85. The van der Waals surface area contributed by atoms with Crippen molar-refractivity contribution in [1.82, 2.24) is 4.72 Å². The van der Waals surface area contributed by atoms with E-state index in [-0.39, 0.29) is 6.42 Å². The maximum absolute atomic E-state index is 13.9. The van der Waals surface area contributed by atoms with Gasteiger partial charge in [0, 0.05) is 0 Å². The van der Waals surface area contributed by atoms with Gasteiger partial charge < -0.3 is 5.11 Å². The van der Waals surface area contributed by atoms with Crippen LogP contribution in [0.4, 0.5) is 10.1 Å². The van der Waals surface area contributed by atoms with Crippen LogP contribution in [0.25, 0.3) is 0 Å². The van der Waals surface area contributed by atoms with E-state index in [0.717, 1.165) is 0 Å². The molecule has 0 aromatic heterocycles. The first-order valence-corrected chi connectivity index (χ1v) is 8.34. The van der Waals surface area contributed by atoms with E-state index in [1.54, 1.807) is 6.92 Å². The fraction of sp³-hybridized carbons (Fsp3) is 0.417. The van der Waals surface area contributed by atoms with Gasteiger partial charge in [0.05, 0.1) is 11.0 Å². The minimum absolute atomic E-state index is 0.0212. The number of nitrogens with zero attached hydrogens (tertiary/aromatic N) is 1. The summed E-state index contributed by atoms with van der Waals surface area (Å²) in [5.41, 5.74) is -0.788. The van der Waals surface area contributed by atoms with Gasteiger partial charge in [-0.3, -0.25) is 14.9 Å². The van der Waals surface area contributed by atoms with Crippen molar-refractivity contribution in [2.45, 2.75) is 37.1 Å². The van der Waals surface area contributed by atoms with Gasteiger partial charge in [0.2, 0.25) is 10.0 Å². The number of carboxylic acids is 1. The summed E-state index contributed by atoms with van der Waals surface area (Å²) in [6, 6.07) is -0.484. The van der Waals surface area contributed by atoms with Crippen molar-refractivity contribution in [2.24, 2.45) is 0 Å². The zero-order valence-corrected chi connectivity index (χ0v) is 13.5. The predicted molar refractivity (Wildman–Crippen MR) is 79.3 cm³/mol. The largest absolute Gasteiger partial charge is 0.480 e. The topological polar surface area (TPSA) is 127 Å². The molecule has 0 spiro atoms. The Balaban J connectivity index is 3.20. The van der Waals surface area contributed by atoms with E-state index < -0.39 is 48.4 Å². The van der Waals surface area contributed by atoms with E-state index in [1.165, 1.54) is 0 Å². The molecule has 2 N–H and O–H groups in total. The van der Waals surface area contributed by atoms with Crippen molar-refractivity contribution < 1.29 is 27.6 Å². The van der Waals surface area contributed by atoms with Gasteiger partial charge in [-0.25, -0.2) is 12.8 Å². The fourth-order valence-corrected chi connectivity index (χ4v) is 3.36. The monoisotopic (exact) mass is 368 g/mol. The molecule has 1 unspecified atom stereocenters. The van der Waals surface area contributed by atoms with Crippen LogP contribution in [0.2, 0.25) is 5.02 Å². The van der Waals surface area contributed by atoms with Crippen LogP contribution in [-0.4, -0.2) is 30.5 Å². The smallest absolute Gasteiger partial charge is 0.321 e. The minimum atomic E-state index is -4.54. The third-order valence-electron chi connectivity index (χ3n) is 2.93. The molecule has 0 aliphatic heterocycles. The van der Waals surface area contributed by atoms with Gasteiger partial charge in [-0.05, 0) is 12.5 Å². The van der Waals surface area contributed by atoms with Gasteiger partial charge in [0.15, 0.2) is 0 Å². The van der Waals surface area contributed by atoms with Gasteiger partial charge in [-0.2, -0.15) is 4.72 Å². The van der Waals surface area contributed by atoms with Crippen molar-refractivity contribution >= 4 is 33.3 Å². The molecular weight excluding hydrogens is 355 g/mol. The van der Waals surface area contributed by atoms with Crippen LogP contribution in [0.15, 0.2) is 17.0 Å². The maximum atomic E-state index is 13.9. The maximum Gasteiger partial charge on any atom is 0.321 e. The molecule has 1 aromatic rings. The highest BCUT2D eigenvalue weighted by atomic mass is 35.5. The lowest BCUT2D eigenvalue weighted by molar-refractivity contribution is -0.384. The molecule has 128 valence electrons. The molecule has 0 saturated carbocycles. The molecule has 0 fully saturated rings. The standard InChI is InChI=1S/C12H14ClFN2O6S/c1-2-3-4-9(12(17)18)15-23(21,22)11-5-7(13)10(16(19)20)6-8(11)14/h5-6,9,15H,2-4H2,1H3,(H,17,18). The normalized spacial score (nSPS) is 12.8. The molecule has 1 rings (SSSR count). The molecule has 11 heteroatoms. The lowest BCUT2D eigenvalue weighted by Crippen LogP contribution is -2.40. The fourth-order valence-electron chi connectivity index (χ4n) is 1.76. The second kappa shape index (κ2) is 7.66. The molecule has 1 atom stereocenters. The number of benzene rings is 1. The highest BCUT2D eigenvalue weighted by Gasteiger charge is 2.29. The van der Waals surface area contributed by atoms with Crippen LogP contribution >= 0.6 is 11.6 Å². The summed E-state index contributed by atoms with van der Waals surface area (Å²) in [7, 11) is -4.54. The molecule has 8 nitrogen and oxygen atoms in total. The minimum Gasteiger partial charge on any atom is -0.480 e. The summed E-state index contributed by atoms with van der Waals surface area (Å²) in [5.74, 6) is -2.80. The Hall–Kier alpha value is -1.78. The van der Waals surface area contributed by atoms with Crippen LogP contribution in [0.1, 0.15) is 26.2 Å². The van der Waals surface area contributed by atoms with Gasteiger partial charge in [-0.15, -0.1) is 0 Å². The van der Waals surface area contributed by atoms with E-state index in [2.05, 4.69) is 0 Å². The Morgan fingerprint density at radius 1 is 1.52 bits per heavy atom. The summed E-state index contributed by atoms with van der Waals surface area (Å²) < 4.78 is 40.0. The number of carbonyl (C=O) groups is 1. The van der Waals surface area contributed by atoms with Gasteiger partial charge in [0.25, 0.3) is 5.69 Å². The number of carboxylic acid groups (broad SMARTS) is 1. The molecule has 0 radical (unpaired) electrons. The molecule has 0 heterocycles. The molecule has 23 heavy (non-hydrogen) atoms. The summed E-state index contributed by atoms with van der Waals surface area (Å²) in [6.07, 6.45) is 1.11. The van der Waals surface area contributed by atoms with Gasteiger partial charge >= 0.3 is 5.97 Å². The number of aliphatic carboxylic acids is 1. The van der Waals surface area contributed by atoms with Crippen molar-refractivity contribution in [3.63, 3.8) is 0 Å². The first kappa shape index (κ1) is 19.3. The Morgan fingerprint density at radius 2 is 2.13 bits per heavy atom. The highest BCUT2D eigenvalue weighted by Crippen LogP contribution is 2.29. The molecule has 0 aliphatic rings. The number of rotatable bonds is 8. The van der Waals surface area contributed by atoms with Crippen LogP contribution in [0, 0.1) is 15.9 Å². The molecule has 1 aromatic carbocycles. The third-order valence-corrected chi connectivity index (χ3v) is 4.72. The van der Waals surface area contributed by atoms with E-state index >= 15 is 0 Å². The van der Waals surface area contributed by atoms with E-state index in [4.69, 9.17) is 16.7 Å². The number of hydrogen-bond acceptors (Lipinski definition) is 5. The van der Waals surface area contributed by atoms with E-state index in [9.17, 15) is 27.7 Å². The highest BCUT2D eigenvalue weighted by molar-refractivity contribution is 7.89. The number of unbranched alkanes of at least 4 members (excludes halogenated alkanes) is 1.